The Morgan fingerprint density at radius 2 is 2.00 bits per heavy atom. The Hall–Kier alpha value is -2.87. The first-order chi connectivity index (χ1) is 16.0. The maximum absolute atomic E-state index is 13.3. The van der Waals surface area contributed by atoms with E-state index in [2.05, 4.69) is 10.2 Å². The molecule has 2 aliphatic carbocycles. The third-order valence-corrected chi connectivity index (χ3v) is 7.79. The van der Waals surface area contributed by atoms with E-state index in [1.54, 1.807) is 19.2 Å². The lowest BCUT2D eigenvalue weighted by molar-refractivity contribution is -0.132. The monoisotopic (exact) mass is 451 g/mol. The van der Waals surface area contributed by atoms with E-state index in [0.717, 1.165) is 36.4 Å². The third-order valence-electron chi connectivity index (χ3n) is 7.79. The van der Waals surface area contributed by atoms with Gasteiger partial charge in [0.1, 0.15) is 17.8 Å². The van der Waals surface area contributed by atoms with Crippen molar-refractivity contribution in [1.29, 1.82) is 0 Å². The molecule has 0 radical (unpaired) electrons. The molecule has 1 aromatic carbocycles. The average Bonchev–Trinajstić information content (AvgIpc) is 3.50. The normalized spacial score (nSPS) is 27.9. The molecule has 8 nitrogen and oxygen atoms in total. The van der Waals surface area contributed by atoms with Crippen LogP contribution in [0, 0.1) is 5.92 Å². The van der Waals surface area contributed by atoms with E-state index in [0.29, 0.717) is 23.8 Å². The van der Waals surface area contributed by atoms with Crippen LogP contribution in [-0.4, -0.2) is 59.9 Å². The van der Waals surface area contributed by atoms with Gasteiger partial charge in [0.15, 0.2) is 0 Å². The smallest absolute Gasteiger partial charge is 0.248 e. The molecule has 1 unspecified atom stereocenters. The predicted octanol–water partition coefficient (Wildman–Crippen LogP) is 2.39. The van der Waals surface area contributed by atoms with Crippen molar-refractivity contribution in [3.63, 3.8) is 0 Å². The average molecular weight is 452 g/mol. The summed E-state index contributed by atoms with van der Waals surface area (Å²) < 4.78 is 5.53. The van der Waals surface area contributed by atoms with Crippen LogP contribution in [0.5, 0.6) is 5.75 Å². The van der Waals surface area contributed by atoms with Crippen molar-refractivity contribution in [2.75, 3.05) is 14.2 Å². The van der Waals surface area contributed by atoms with Crippen LogP contribution in [-0.2, 0) is 11.2 Å². The van der Waals surface area contributed by atoms with Crippen LogP contribution in [0.2, 0.25) is 0 Å². The zero-order chi connectivity index (χ0) is 23.1. The zero-order valence-corrected chi connectivity index (χ0v) is 19.4. The minimum atomic E-state index is -0.481. The topological polar surface area (TPSA) is 100 Å². The molecule has 0 bridgehead atoms. The number of aliphatic imine (C=N–C) groups is 1. The van der Waals surface area contributed by atoms with Crippen LogP contribution in [0.25, 0.3) is 0 Å². The minimum absolute atomic E-state index is 0.0576. The number of nitrogens with zero attached hydrogens (tertiary/aromatic N) is 3. The molecular formula is C25H33N5O3. The van der Waals surface area contributed by atoms with Crippen molar-refractivity contribution in [3.05, 3.63) is 41.2 Å². The van der Waals surface area contributed by atoms with E-state index in [1.807, 2.05) is 24.2 Å². The molecule has 176 valence electrons. The van der Waals surface area contributed by atoms with Crippen molar-refractivity contribution in [3.8, 4) is 5.75 Å². The number of nitrogens with two attached hydrogens (primary N) is 1. The lowest BCUT2D eigenvalue weighted by Crippen LogP contribution is -2.51. The molecular weight excluding hydrogens is 418 g/mol. The summed E-state index contributed by atoms with van der Waals surface area (Å²) in [5.41, 5.74) is 7.70. The van der Waals surface area contributed by atoms with Crippen LogP contribution in [0.3, 0.4) is 0 Å². The number of benzene rings is 1. The quantitative estimate of drug-likeness (QED) is 0.716. The summed E-state index contributed by atoms with van der Waals surface area (Å²) in [6.45, 7) is 0. The summed E-state index contributed by atoms with van der Waals surface area (Å²) in [7, 11) is 3.48. The van der Waals surface area contributed by atoms with Gasteiger partial charge in [-0.05, 0) is 37.8 Å². The molecule has 3 fully saturated rings. The molecule has 8 heteroatoms. The summed E-state index contributed by atoms with van der Waals surface area (Å²) in [6.07, 6.45) is 10.3. The number of ether oxygens (including phenoxy) is 1. The van der Waals surface area contributed by atoms with Crippen LogP contribution < -0.4 is 15.8 Å². The molecule has 0 spiro atoms. The summed E-state index contributed by atoms with van der Waals surface area (Å²) in [5, 5.41) is 3.33. The Balaban J connectivity index is 1.49. The van der Waals surface area contributed by atoms with Crippen molar-refractivity contribution in [2.24, 2.45) is 16.6 Å². The number of likely N-dealkylation sites (N-methyl/N-ethyl adjacent to an activating group) is 1. The van der Waals surface area contributed by atoms with Crippen molar-refractivity contribution in [2.45, 2.75) is 69.6 Å². The predicted molar refractivity (Wildman–Crippen MR) is 126 cm³/mol. The molecule has 0 aromatic heterocycles. The molecule has 3 atom stereocenters. The van der Waals surface area contributed by atoms with E-state index < -0.39 is 5.91 Å². The third kappa shape index (κ3) is 3.90. The molecule has 3 N–H and O–H groups in total. The Labute approximate surface area is 194 Å². The number of primary amides is 1. The maximum Gasteiger partial charge on any atom is 0.248 e. The van der Waals surface area contributed by atoms with Crippen LogP contribution in [0.4, 0.5) is 0 Å². The van der Waals surface area contributed by atoms with Crippen molar-refractivity contribution < 1.29 is 14.3 Å². The fraction of sp³-hybridized carbons (Fsp3) is 0.560. The van der Waals surface area contributed by atoms with Crippen LogP contribution in [0.1, 0.15) is 60.9 Å². The van der Waals surface area contributed by atoms with Crippen LogP contribution >= 0.6 is 0 Å². The van der Waals surface area contributed by atoms with E-state index in [9.17, 15) is 9.59 Å². The molecule has 2 saturated carbocycles. The molecule has 1 saturated heterocycles. The zero-order valence-electron chi connectivity index (χ0n) is 19.4. The first-order valence-corrected chi connectivity index (χ1v) is 12.0. The second kappa shape index (κ2) is 8.82. The number of carbonyl (C=O) groups is 2. The Kier molecular flexibility index (Phi) is 5.86. The van der Waals surface area contributed by atoms with Gasteiger partial charge in [-0.15, -0.1) is 0 Å². The summed E-state index contributed by atoms with van der Waals surface area (Å²) in [4.78, 5) is 34.5. The summed E-state index contributed by atoms with van der Waals surface area (Å²) >= 11 is 0. The van der Waals surface area contributed by atoms with Crippen LogP contribution in [0.15, 0.2) is 35.1 Å². The van der Waals surface area contributed by atoms with Gasteiger partial charge in [-0.25, -0.2) is 4.99 Å². The second-order valence-electron chi connectivity index (χ2n) is 9.62. The number of hydrogen-bond acceptors (Lipinski definition) is 6. The highest BCUT2D eigenvalue weighted by molar-refractivity contribution is 5.94. The van der Waals surface area contributed by atoms with Gasteiger partial charge in [0, 0.05) is 42.9 Å². The Morgan fingerprint density at radius 3 is 2.73 bits per heavy atom. The van der Waals surface area contributed by atoms with E-state index in [1.165, 1.54) is 25.7 Å². The highest BCUT2D eigenvalue weighted by Crippen LogP contribution is 2.42. The summed E-state index contributed by atoms with van der Waals surface area (Å²) in [6, 6.07) is 5.99. The SMILES string of the molecule is COc1cc(C(N)=O)ccc1CC1=NC2C(=CN1)N(C)C(=O)[C@H]1CCC[C@H]1N2C1CCCC1. The number of fused-ring (bicyclic) bond motifs is 2. The lowest BCUT2D eigenvalue weighted by Gasteiger charge is -2.40. The molecule has 1 aromatic rings. The number of methoxy groups -OCH3 is 1. The number of amidine groups is 1. The number of rotatable bonds is 5. The van der Waals surface area contributed by atoms with E-state index >= 15 is 0 Å². The number of nitrogens with one attached hydrogen (secondary N) is 1. The number of hydrogen-bond donors (Lipinski definition) is 2. The molecule has 4 aliphatic rings. The maximum atomic E-state index is 13.3. The van der Waals surface area contributed by atoms with Gasteiger partial charge >= 0.3 is 0 Å². The highest BCUT2D eigenvalue weighted by atomic mass is 16.5. The van der Waals surface area contributed by atoms with E-state index in [4.69, 9.17) is 15.5 Å². The van der Waals surface area contributed by atoms with Gasteiger partial charge in [-0.3, -0.25) is 14.5 Å². The molecule has 5 rings (SSSR count). The summed E-state index contributed by atoms with van der Waals surface area (Å²) in [5.74, 6) is 1.24. The van der Waals surface area contributed by atoms with E-state index in [-0.39, 0.29) is 24.0 Å². The highest BCUT2D eigenvalue weighted by Gasteiger charge is 2.49. The first-order valence-electron chi connectivity index (χ1n) is 12.0. The second-order valence-corrected chi connectivity index (χ2v) is 9.62. The van der Waals surface area contributed by atoms with Gasteiger partial charge < -0.3 is 20.7 Å². The molecule has 33 heavy (non-hydrogen) atoms. The molecule has 2 aliphatic heterocycles. The number of amides is 2. The van der Waals surface area contributed by atoms with Gasteiger partial charge in [-0.1, -0.05) is 25.3 Å². The Bertz CT molecular complexity index is 1010. The molecule has 2 heterocycles. The first kappa shape index (κ1) is 21.9. The standard InChI is InChI=1S/C25H33N5O3/c1-29-20-14-27-22(13-15-10-11-16(23(26)31)12-21(15)33-2)28-24(20)30(17-6-3-4-7-17)19-9-5-8-18(19)25(29)32/h10-12,14,17-19,24H,3-9,13H2,1-2H3,(H2,26,31)(H,27,28)/t18-,19+,24?/m0/s1. The number of carbonyl (C=O) groups excluding carboxylic acids is 2. The van der Waals surface area contributed by atoms with Gasteiger partial charge in [0.25, 0.3) is 0 Å². The van der Waals surface area contributed by atoms with Gasteiger partial charge in [-0.2, -0.15) is 0 Å². The Morgan fingerprint density at radius 1 is 1.21 bits per heavy atom. The lowest BCUT2D eigenvalue weighted by atomic mass is 9.99. The van der Waals surface area contributed by atoms with Gasteiger partial charge in [0.2, 0.25) is 11.8 Å². The van der Waals surface area contributed by atoms with Crippen molar-refractivity contribution in [1.82, 2.24) is 15.1 Å². The van der Waals surface area contributed by atoms with Gasteiger partial charge in [0.05, 0.1) is 18.7 Å². The largest absolute Gasteiger partial charge is 0.496 e. The van der Waals surface area contributed by atoms with Crippen molar-refractivity contribution >= 4 is 17.6 Å². The fourth-order valence-corrected chi connectivity index (χ4v) is 6.11. The fourth-order valence-electron chi connectivity index (χ4n) is 6.11. The minimum Gasteiger partial charge on any atom is -0.496 e. The molecule has 2 amide bonds.